The topological polar surface area (TPSA) is 67.4 Å². The zero-order valence-electron chi connectivity index (χ0n) is 12.9. The second-order valence-corrected chi connectivity index (χ2v) is 5.85. The summed E-state index contributed by atoms with van der Waals surface area (Å²) in [6, 6.07) is 12.0. The fourth-order valence-corrected chi connectivity index (χ4v) is 2.49. The molecule has 2 amide bonds. The average Bonchev–Trinajstić information content (AvgIpc) is 2.54. The SMILES string of the molecule is COCc1cccc(NC(=O)C(=O)NCc2ccc(Cl)cc2Cl)c1. The Morgan fingerprint density at radius 3 is 2.58 bits per heavy atom. The zero-order chi connectivity index (χ0) is 17.5. The molecule has 0 bridgehead atoms. The molecule has 0 spiro atoms. The molecule has 126 valence electrons. The molecule has 0 fully saturated rings. The second-order valence-electron chi connectivity index (χ2n) is 5.01. The van der Waals surface area contributed by atoms with Gasteiger partial charge < -0.3 is 15.4 Å². The van der Waals surface area contributed by atoms with Crippen molar-refractivity contribution in [3.05, 3.63) is 63.6 Å². The van der Waals surface area contributed by atoms with Gasteiger partial charge in [-0.05, 0) is 35.4 Å². The van der Waals surface area contributed by atoms with E-state index in [4.69, 9.17) is 27.9 Å². The van der Waals surface area contributed by atoms with Gasteiger partial charge in [-0.15, -0.1) is 0 Å². The lowest BCUT2D eigenvalue weighted by Crippen LogP contribution is -2.35. The Hall–Kier alpha value is -2.08. The molecule has 2 N–H and O–H groups in total. The van der Waals surface area contributed by atoms with Crippen molar-refractivity contribution in [2.45, 2.75) is 13.2 Å². The summed E-state index contributed by atoms with van der Waals surface area (Å²) in [7, 11) is 1.58. The molecule has 0 atom stereocenters. The van der Waals surface area contributed by atoms with Crippen LogP contribution in [0, 0.1) is 0 Å². The summed E-state index contributed by atoms with van der Waals surface area (Å²) in [5, 5.41) is 5.99. The van der Waals surface area contributed by atoms with Gasteiger partial charge in [0.05, 0.1) is 6.61 Å². The molecule has 24 heavy (non-hydrogen) atoms. The summed E-state index contributed by atoms with van der Waals surface area (Å²) < 4.78 is 5.03. The lowest BCUT2D eigenvalue weighted by molar-refractivity contribution is -0.136. The molecule has 2 aromatic rings. The minimum atomic E-state index is -0.755. The predicted octanol–water partition coefficient (Wildman–Crippen LogP) is 3.39. The van der Waals surface area contributed by atoms with Gasteiger partial charge in [-0.2, -0.15) is 0 Å². The van der Waals surface area contributed by atoms with Crippen LogP contribution in [0.4, 0.5) is 5.69 Å². The standard InChI is InChI=1S/C17H16Cl2N2O3/c1-24-10-11-3-2-4-14(7-11)21-17(23)16(22)20-9-12-5-6-13(18)8-15(12)19/h2-8H,9-10H2,1H3,(H,20,22)(H,21,23). The van der Waals surface area contributed by atoms with Crippen LogP contribution in [0.15, 0.2) is 42.5 Å². The third-order valence-electron chi connectivity index (χ3n) is 3.16. The van der Waals surface area contributed by atoms with Gasteiger partial charge in [0, 0.05) is 29.4 Å². The van der Waals surface area contributed by atoms with Crippen molar-refractivity contribution in [2.75, 3.05) is 12.4 Å². The first-order valence-electron chi connectivity index (χ1n) is 7.10. The first kappa shape index (κ1) is 18.3. The molecule has 0 aliphatic heterocycles. The molecule has 0 heterocycles. The number of hydrogen-bond donors (Lipinski definition) is 2. The fraction of sp³-hybridized carbons (Fsp3) is 0.176. The van der Waals surface area contributed by atoms with Gasteiger partial charge in [-0.1, -0.05) is 41.4 Å². The number of carbonyl (C=O) groups excluding carboxylic acids is 2. The van der Waals surface area contributed by atoms with Gasteiger partial charge in [0.2, 0.25) is 0 Å². The van der Waals surface area contributed by atoms with E-state index in [1.807, 2.05) is 6.07 Å². The van der Waals surface area contributed by atoms with Crippen LogP contribution >= 0.6 is 23.2 Å². The molecule has 0 aromatic heterocycles. The van der Waals surface area contributed by atoms with Crippen molar-refractivity contribution in [1.29, 1.82) is 0 Å². The van der Waals surface area contributed by atoms with E-state index >= 15 is 0 Å². The third-order valence-corrected chi connectivity index (χ3v) is 3.74. The lowest BCUT2D eigenvalue weighted by atomic mass is 10.2. The van der Waals surface area contributed by atoms with Crippen LogP contribution in [0.5, 0.6) is 0 Å². The van der Waals surface area contributed by atoms with Crippen LogP contribution in [0.1, 0.15) is 11.1 Å². The van der Waals surface area contributed by atoms with Crippen LogP contribution in [-0.2, 0) is 27.5 Å². The number of methoxy groups -OCH3 is 1. The summed E-state index contributed by atoms with van der Waals surface area (Å²) in [4.78, 5) is 23.8. The van der Waals surface area contributed by atoms with Crippen LogP contribution in [0.2, 0.25) is 10.0 Å². The van der Waals surface area contributed by atoms with Crippen molar-refractivity contribution in [3.63, 3.8) is 0 Å². The molecule has 7 heteroatoms. The summed E-state index contributed by atoms with van der Waals surface area (Å²) in [6.45, 7) is 0.553. The normalized spacial score (nSPS) is 10.3. The van der Waals surface area contributed by atoms with E-state index in [2.05, 4.69) is 10.6 Å². The van der Waals surface area contributed by atoms with Gasteiger partial charge in [-0.3, -0.25) is 9.59 Å². The molecule has 0 saturated heterocycles. The smallest absolute Gasteiger partial charge is 0.313 e. The second kappa shape index (κ2) is 8.68. The molecule has 2 rings (SSSR count). The predicted molar refractivity (Wildman–Crippen MR) is 94.1 cm³/mol. The summed E-state index contributed by atoms with van der Waals surface area (Å²) in [5.41, 5.74) is 2.09. The summed E-state index contributed by atoms with van der Waals surface area (Å²) in [5.74, 6) is -1.51. The number of benzene rings is 2. The minimum Gasteiger partial charge on any atom is -0.380 e. The number of hydrogen-bond acceptors (Lipinski definition) is 3. The van der Waals surface area contributed by atoms with Crippen molar-refractivity contribution >= 4 is 40.7 Å². The quantitative estimate of drug-likeness (QED) is 0.796. The maximum atomic E-state index is 11.9. The van der Waals surface area contributed by atoms with Gasteiger partial charge in [0.1, 0.15) is 0 Å². The molecule has 0 radical (unpaired) electrons. The van der Waals surface area contributed by atoms with E-state index in [9.17, 15) is 9.59 Å². The highest BCUT2D eigenvalue weighted by Gasteiger charge is 2.14. The Kier molecular flexibility index (Phi) is 6.61. The van der Waals surface area contributed by atoms with E-state index in [1.54, 1.807) is 43.5 Å². The molecule has 0 saturated carbocycles. The zero-order valence-corrected chi connectivity index (χ0v) is 14.4. The third kappa shape index (κ3) is 5.23. The van der Waals surface area contributed by atoms with Crippen molar-refractivity contribution in [1.82, 2.24) is 5.32 Å². The summed E-state index contributed by atoms with van der Waals surface area (Å²) >= 11 is 11.8. The average molecular weight is 367 g/mol. The number of anilines is 1. The number of amides is 2. The van der Waals surface area contributed by atoms with Crippen LogP contribution in [0.3, 0.4) is 0 Å². The van der Waals surface area contributed by atoms with E-state index in [-0.39, 0.29) is 6.54 Å². The minimum absolute atomic E-state index is 0.131. The van der Waals surface area contributed by atoms with Crippen LogP contribution in [0.25, 0.3) is 0 Å². The van der Waals surface area contributed by atoms with E-state index in [0.717, 1.165) is 5.56 Å². The first-order chi connectivity index (χ1) is 11.5. The Morgan fingerprint density at radius 1 is 1.08 bits per heavy atom. The highest BCUT2D eigenvalue weighted by molar-refractivity contribution is 6.39. The molecular weight excluding hydrogens is 351 g/mol. The van der Waals surface area contributed by atoms with Crippen LogP contribution in [-0.4, -0.2) is 18.9 Å². The van der Waals surface area contributed by atoms with Crippen LogP contribution < -0.4 is 10.6 Å². The molecule has 5 nitrogen and oxygen atoms in total. The maximum absolute atomic E-state index is 11.9. The number of carbonyl (C=O) groups is 2. The Balaban J connectivity index is 1.92. The van der Waals surface area contributed by atoms with Crippen molar-refractivity contribution < 1.29 is 14.3 Å². The number of halogens is 2. The highest BCUT2D eigenvalue weighted by atomic mass is 35.5. The monoisotopic (exact) mass is 366 g/mol. The van der Waals surface area contributed by atoms with Gasteiger partial charge in [0.25, 0.3) is 0 Å². The molecular formula is C17H16Cl2N2O3. The lowest BCUT2D eigenvalue weighted by Gasteiger charge is -2.09. The Morgan fingerprint density at radius 2 is 1.88 bits per heavy atom. The van der Waals surface area contributed by atoms with Gasteiger partial charge in [-0.25, -0.2) is 0 Å². The largest absolute Gasteiger partial charge is 0.380 e. The maximum Gasteiger partial charge on any atom is 0.313 e. The van der Waals surface area contributed by atoms with Gasteiger partial charge >= 0.3 is 11.8 Å². The molecule has 0 unspecified atom stereocenters. The van der Waals surface area contributed by atoms with Crippen molar-refractivity contribution in [2.24, 2.45) is 0 Å². The number of ether oxygens (including phenoxy) is 1. The molecule has 0 aliphatic rings. The number of nitrogens with one attached hydrogen (secondary N) is 2. The first-order valence-corrected chi connectivity index (χ1v) is 7.86. The highest BCUT2D eigenvalue weighted by Crippen LogP contribution is 2.20. The number of rotatable bonds is 5. The molecule has 0 aliphatic carbocycles. The van der Waals surface area contributed by atoms with Gasteiger partial charge in [0.15, 0.2) is 0 Å². The van der Waals surface area contributed by atoms with E-state index < -0.39 is 11.8 Å². The Bertz CT molecular complexity index is 750. The fourth-order valence-electron chi connectivity index (χ4n) is 2.01. The Labute approximate surface area is 149 Å². The molecule has 2 aromatic carbocycles. The summed E-state index contributed by atoms with van der Waals surface area (Å²) in [6.07, 6.45) is 0. The van der Waals surface area contributed by atoms with Crippen molar-refractivity contribution in [3.8, 4) is 0 Å². The van der Waals surface area contributed by atoms with E-state index in [0.29, 0.717) is 27.9 Å². The van der Waals surface area contributed by atoms with E-state index in [1.165, 1.54) is 0 Å².